The summed E-state index contributed by atoms with van der Waals surface area (Å²) in [6, 6.07) is 6.30. The Morgan fingerprint density at radius 3 is 2.69 bits per heavy atom. The fourth-order valence-electron chi connectivity index (χ4n) is 1.97. The van der Waals surface area contributed by atoms with Gasteiger partial charge in [-0.3, -0.25) is 0 Å². The number of hydrogen-bond donors (Lipinski definition) is 2. The number of aromatic amines is 1. The molecular formula is C14H8F4N8. The molecule has 8 nitrogen and oxygen atoms in total. The van der Waals surface area contributed by atoms with Crippen molar-refractivity contribution in [2.24, 2.45) is 0 Å². The van der Waals surface area contributed by atoms with Gasteiger partial charge in [-0.2, -0.15) is 28.7 Å². The van der Waals surface area contributed by atoms with E-state index in [0.717, 1.165) is 23.0 Å². The maximum atomic E-state index is 14.2. The van der Waals surface area contributed by atoms with Crippen LogP contribution in [0.4, 0.5) is 23.2 Å². The predicted molar refractivity (Wildman–Crippen MR) is 79.9 cm³/mol. The van der Waals surface area contributed by atoms with Crippen LogP contribution in [0.3, 0.4) is 0 Å². The van der Waals surface area contributed by atoms with Crippen molar-refractivity contribution in [2.75, 3.05) is 5.32 Å². The lowest BCUT2D eigenvalue weighted by Gasteiger charge is -2.07. The Kier molecular flexibility index (Phi) is 4.36. The van der Waals surface area contributed by atoms with E-state index in [0.29, 0.717) is 0 Å². The first-order chi connectivity index (χ1) is 12.4. The predicted octanol–water partition coefficient (Wildman–Crippen LogP) is 2.52. The highest BCUT2D eigenvalue weighted by Crippen LogP contribution is 2.28. The summed E-state index contributed by atoms with van der Waals surface area (Å²) in [4.78, 5) is 0. The zero-order valence-electron chi connectivity index (χ0n) is 12.7. The van der Waals surface area contributed by atoms with Crippen molar-refractivity contribution >= 4 is 11.3 Å². The average molecular weight is 364 g/mol. The minimum Gasteiger partial charge on any atom is -0.360 e. The molecule has 2 aromatic heterocycles. The molecule has 0 radical (unpaired) electrons. The number of aromatic nitrogens is 6. The standard InChI is InChI=1S/C14H8F4N8/c15-10-5-9(20-7-8(6-19)13-21-24-25-22-13)1-2-11(10)26-4-3-12(23-26)14(16,17)18/h1-5,7,20H,(H,21,22,24,25). The second kappa shape index (κ2) is 6.63. The number of alkyl halides is 3. The van der Waals surface area contributed by atoms with Crippen molar-refractivity contribution in [1.29, 1.82) is 5.26 Å². The smallest absolute Gasteiger partial charge is 0.360 e. The molecule has 2 N–H and O–H groups in total. The zero-order chi connectivity index (χ0) is 18.7. The zero-order valence-corrected chi connectivity index (χ0v) is 12.7. The molecule has 2 heterocycles. The molecule has 0 saturated carbocycles. The highest BCUT2D eigenvalue weighted by atomic mass is 19.4. The quantitative estimate of drug-likeness (QED) is 0.544. The molecule has 132 valence electrons. The first-order valence-corrected chi connectivity index (χ1v) is 6.92. The molecule has 0 amide bonds. The van der Waals surface area contributed by atoms with Crippen LogP contribution in [-0.2, 0) is 6.18 Å². The van der Waals surface area contributed by atoms with Crippen molar-refractivity contribution < 1.29 is 17.6 Å². The van der Waals surface area contributed by atoms with Crippen LogP contribution in [0.15, 0.2) is 36.7 Å². The van der Waals surface area contributed by atoms with Gasteiger partial charge in [0.15, 0.2) is 11.5 Å². The number of rotatable bonds is 4. The van der Waals surface area contributed by atoms with Crippen LogP contribution >= 0.6 is 0 Å². The van der Waals surface area contributed by atoms with Crippen LogP contribution in [0, 0.1) is 17.1 Å². The van der Waals surface area contributed by atoms with Crippen LogP contribution < -0.4 is 5.32 Å². The minimum absolute atomic E-state index is 0.0464. The van der Waals surface area contributed by atoms with Gasteiger partial charge in [0.2, 0.25) is 5.82 Å². The first kappa shape index (κ1) is 17.1. The van der Waals surface area contributed by atoms with E-state index in [1.165, 1.54) is 18.3 Å². The number of tetrazole rings is 1. The number of nitrogens with one attached hydrogen (secondary N) is 2. The number of benzene rings is 1. The van der Waals surface area contributed by atoms with Crippen LogP contribution in [0.2, 0.25) is 0 Å². The molecule has 0 fully saturated rings. The van der Waals surface area contributed by atoms with Gasteiger partial charge >= 0.3 is 6.18 Å². The van der Waals surface area contributed by atoms with Crippen molar-refractivity contribution in [3.05, 3.63) is 54.0 Å². The second-order valence-corrected chi connectivity index (χ2v) is 4.86. The molecule has 0 bridgehead atoms. The Morgan fingerprint density at radius 1 is 1.31 bits per heavy atom. The third-order valence-corrected chi connectivity index (χ3v) is 3.16. The summed E-state index contributed by atoms with van der Waals surface area (Å²) in [6.07, 6.45) is -2.36. The summed E-state index contributed by atoms with van der Waals surface area (Å²) in [6.45, 7) is 0. The molecule has 0 aliphatic carbocycles. The molecule has 0 unspecified atom stereocenters. The number of hydrogen-bond acceptors (Lipinski definition) is 6. The first-order valence-electron chi connectivity index (χ1n) is 6.92. The highest BCUT2D eigenvalue weighted by molar-refractivity contribution is 5.74. The van der Waals surface area contributed by atoms with Crippen LogP contribution in [-0.4, -0.2) is 30.4 Å². The van der Waals surface area contributed by atoms with Crippen LogP contribution in [0.1, 0.15) is 11.5 Å². The number of H-pyrrole nitrogens is 1. The van der Waals surface area contributed by atoms with Gasteiger partial charge in [0.1, 0.15) is 17.3 Å². The van der Waals surface area contributed by atoms with Crippen molar-refractivity contribution in [1.82, 2.24) is 30.4 Å². The summed E-state index contributed by atoms with van der Waals surface area (Å²) in [5.41, 5.74) is -0.981. The van der Waals surface area contributed by atoms with Crippen molar-refractivity contribution in [3.8, 4) is 11.8 Å². The third-order valence-electron chi connectivity index (χ3n) is 3.16. The fourth-order valence-corrected chi connectivity index (χ4v) is 1.97. The van der Waals surface area contributed by atoms with Gasteiger partial charge in [-0.05, 0) is 29.5 Å². The van der Waals surface area contributed by atoms with E-state index in [4.69, 9.17) is 5.26 Å². The largest absolute Gasteiger partial charge is 0.435 e. The summed E-state index contributed by atoms with van der Waals surface area (Å²) in [5.74, 6) is -0.758. The van der Waals surface area contributed by atoms with E-state index >= 15 is 0 Å². The van der Waals surface area contributed by atoms with E-state index in [9.17, 15) is 17.6 Å². The minimum atomic E-state index is -4.61. The summed E-state index contributed by atoms with van der Waals surface area (Å²) < 4.78 is 52.7. The third kappa shape index (κ3) is 3.51. The summed E-state index contributed by atoms with van der Waals surface area (Å²) >= 11 is 0. The van der Waals surface area contributed by atoms with E-state index < -0.39 is 17.7 Å². The average Bonchev–Trinajstić information content (AvgIpc) is 3.27. The molecule has 0 spiro atoms. The molecule has 0 saturated heterocycles. The Labute approximate surface area is 142 Å². The molecule has 3 rings (SSSR count). The SMILES string of the molecule is N#CC(=CNc1ccc(-n2ccc(C(F)(F)F)n2)c(F)c1)c1nn[nH]n1. The van der Waals surface area contributed by atoms with Gasteiger partial charge in [0, 0.05) is 18.1 Å². The number of halogens is 4. The molecular weight excluding hydrogens is 356 g/mol. The maximum absolute atomic E-state index is 14.2. The van der Waals surface area contributed by atoms with E-state index in [-0.39, 0.29) is 22.8 Å². The normalized spacial score (nSPS) is 12.0. The topological polar surface area (TPSA) is 108 Å². The highest BCUT2D eigenvalue weighted by Gasteiger charge is 2.33. The lowest BCUT2D eigenvalue weighted by Crippen LogP contribution is -2.08. The lowest BCUT2D eigenvalue weighted by atomic mass is 10.2. The van der Waals surface area contributed by atoms with Gasteiger partial charge < -0.3 is 5.32 Å². The molecule has 0 aliphatic rings. The monoisotopic (exact) mass is 364 g/mol. The van der Waals surface area contributed by atoms with Crippen LogP contribution in [0.5, 0.6) is 0 Å². The second-order valence-electron chi connectivity index (χ2n) is 4.86. The van der Waals surface area contributed by atoms with Gasteiger partial charge in [-0.15, -0.1) is 10.2 Å². The molecule has 1 aromatic carbocycles. The number of anilines is 1. The number of nitriles is 1. The summed E-state index contributed by atoms with van der Waals surface area (Å²) in [7, 11) is 0. The number of allylic oxidation sites excluding steroid dienone is 1. The summed E-state index contributed by atoms with van der Waals surface area (Å²) in [5, 5.41) is 27.8. The Balaban J connectivity index is 1.82. The molecule has 26 heavy (non-hydrogen) atoms. The Morgan fingerprint density at radius 2 is 2.12 bits per heavy atom. The Bertz CT molecular complexity index is 981. The molecule has 3 aromatic rings. The van der Waals surface area contributed by atoms with E-state index in [1.54, 1.807) is 0 Å². The Hall–Kier alpha value is -3.75. The van der Waals surface area contributed by atoms with Gasteiger partial charge in [0.25, 0.3) is 0 Å². The van der Waals surface area contributed by atoms with Gasteiger partial charge in [-0.1, -0.05) is 0 Å². The fraction of sp³-hybridized carbons (Fsp3) is 0.0714. The van der Waals surface area contributed by atoms with E-state index in [1.807, 2.05) is 6.07 Å². The molecule has 0 aliphatic heterocycles. The van der Waals surface area contributed by atoms with Crippen LogP contribution in [0.25, 0.3) is 11.3 Å². The number of nitrogens with zero attached hydrogens (tertiary/aromatic N) is 6. The van der Waals surface area contributed by atoms with Gasteiger partial charge in [0.05, 0.1) is 0 Å². The van der Waals surface area contributed by atoms with Crippen molar-refractivity contribution in [3.63, 3.8) is 0 Å². The lowest BCUT2D eigenvalue weighted by molar-refractivity contribution is -0.141. The van der Waals surface area contributed by atoms with Crippen molar-refractivity contribution in [2.45, 2.75) is 6.18 Å². The van der Waals surface area contributed by atoms with Gasteiger partial charge in [-0.25, -0.2) is 9.07 Å². The van der Waals surface area contributed by atoms with E-state index in [2.05, 4.69) is 31.0 Å². The molecule has 12 heteroatoms. The maximum Gasteiger partial charge on any atom is 0.435 e. The molecule has 0 atom stereocenters.